The van der Waals surface area contributed by atoms with Gasteiger partial charge >= 0.3 is 0 Å². The van der Waals surface area contributed by atoms with Gasteiger partial charge in [0.1, 0.15) is 12.2 Å². The number of aldehydes is 1. The van der Waals surface area contributed by atoms with Crippen LogP contribution in [-0.4, -0.2) is 22.8 Å². The van der Waals surface area contributed by atoms with Gasteiger partial charge in [-0.15, -0.1) is 0 Å². The predicted molar refractivity (Wildman–Crippen MR) is 63.2 cm³/mol. The first-order valence-corrected chi connectivity index (χ1v) is 5.13. The van der Waals surface area contributed by atoms with Gasteiger partial charge in [0.25, 0.3) is 11.6 Å². The van der Waals surface area contributed by atoms with Crippen LogP contribution in [0.3, 0.4) is 0 Å². The largest absolute Gasteiger partial charge is 0.302 e. The molecule has 0 saturated carbocycles. The van der Waals surface area contributed by atoms with Gasteiger partial charge in [0.05, 0.1) is 16.3 Å². The van der Waals surface area contributed by atoms with Crippen LogP contribution in [0.2, 0.25) is 0 Å². The summed E-state index contributed by atoms with van der Waals surface area (Å²) in [6.45, 7) is 1.59. The van der Waals surface area contributed by atoms with Gasteiger partial charge in [0, 0.05) is 12.1 Å². The normalized spacial score (nSPS) is 18.7. The van der Waals surface area contributed by atoms with E-state index in [4.69, 9.17) is 0 Å². The molecule has 0 aromatic heterocycles. The van der Waals surface area contributed by atoms with E-state index in [1.54, 1.807) is 6.92 Å². The van der Waals surface area contributed by atoms with Gasteiger partial charge in [0.2, 0.25) is 0 Å². The second-order valence-corrected chi connectivity index (χ2v) is 3.78. The molecule has 7 nitrogen and oxygen atoms in total. The summed E-state index contributed by atoms with van der Waals surface area (Å²) in [4.78, 5) is 32.5. The highest BCUT2D eigenvalue weighted by atomic mass is 16.6. The molecule has 7 heteroatoms. The van der Waals surface area contributed by atoms with Crippen molar-refractivity contribution in [1.29, 1.82) is 0 Å². The molecule has 1 aromatic carbocycles. The van der Waals surface area contributed by atoms with Gasteiger partial charge in [-0.2, -0.15) is 10.1 Å². The van der Waals surface area contributed by atoms with Crippen LogP contribution in [0.25, 0.3) is 0 Å². The Morgan fingerprint density at radius 2 is 2.00 bits per heavy atom. The third kappa shape index (κ3) is 1.86. The van der Waals surface area contributed by atoms with Crippen molar-refractivity contribution in [3.05, 3.63) is 34.4 Å². The van der Waals surface area contributed by atoms with Crippen LogP contribution >= 0.6 is 0 Å². The quantitative estimate of drug-likeness (QED) is 0.346. The fraction of sp³-hybridized carbons (Fsp3) is 0.182. The first-order chi connectivity index (χ1) is 8.54. The summed E-state index contributed by atoms with van der Waals surface area (Å²) in [6.07, 6.45) is 0.534. The number of non-ortho nitro benzene ring substituents is 1. The zero-order valence-electron chi connectivity index (χ0n) is 9.44. The van der Waals surface area contributed by atoms with Gasteiger partial charge in [-0.25, -0.2) is 0 Å². The lowest BCUT2D eigenvalue weighted by molar-refractivity contribution is -0.384. The van der Waals surface area contributed by atoms with Gasteiger partial charge in [-0.05, 0) is 19.1 Å². The number of carbonyl (C=O) groups is 2. The van der Waals surface area contributed by atoms with E-state index in [-0.39, 0.29) is 5.69 Å². The minimum absolute atomic E-state index is 0.0713. The highest BCUT2D eigenvalue weighted by molar-refractivity contribution is 6.22. The number of hydrogen-bond donors (Lipinski definition) is 0. The Hall–Kier alpha value is -2.57. The Balaban J connectivity index is 2.31. The summed E-state index contributed by atoms with van der Waals surface area (Å²) in [5, 5.41) is 15.5. The van der Waals surface area contributed by atoms with Crippen molar-refractivity contribution in [1.82, 2.24) is 0 Å². The van der Waals surface area contributed by atoms with Gasteiger partial charge in [0.15, 0.2) is 0 Å². The number of nitrogens with zero attached hydrogens (tertiary/aromatic N) is 3. The Labute approximate surface area is 102 Å². The van der Waals surface area contributed by atoms with Crippen LogP contribution in [0.5, 0.6) is 0 Å². The Morgan fingerprint density at radius 3 is 2.44 bits per heavy atom. The molecule has 0 N–H and O–H groups in total. The Morgan fingerprint density at radius 1 is 1.39 bits per heavy atom. The topological polar surface area (TPSA) is 92.9 Å². The van der Waals surface area contributed by atoms with Crippen molar-refractivity contribution in [2.75, 3.05) is 5.01 Å². The molecule has 1 amide bonds. The van der Waals surface area contributed by atoms with Crippen molar-refractivity contribution in [2.45, 2.75) is 6.92 Å². The molecule has 1 unspecified atom stereocenters. The zero-order chi connectivity index (χ0) is 13.3. The fourth-order valence-electron chi connectivity index (χ4n) is 1.64. The summed E-state index contributed by atoms with van der Waals surface area (Å²) in [5.74, 6) is -1.31. The van der Waals surface area contributed by atoms with Crippen LogP contribution in [0, 0.1) is 16.0 Å². The highest BCUT2D eigenvalue weighted by Crippen LogP contribution is 2.25. The average Bonchev–Trinajstić information content (AvgIpc) is 2.64. The maximum absolute atomic E-state index is 11.8. The van der Waals surface area contributed by atoms with E-state index >= 15 is 0 Å². The van der Waals surface area contributed by atoms with Gasteiger partial charge < -0.3 is 4.79 Å². The highest BCUT2D eigenvalue weighted by Gasteiger charge is 2.34. The number of rotatable bonds is 3. The lowest BCUT2D eigenvalue weighted by Crippen LogP contribution is -2.27. The summed E-state index contributed by atoms with van der Waals surface area (Å²) in [6, 6.07) is 5.39. The molecule has 0 saturated heterocycles. The molecular weight excluding hydrogens is 238 g/mol. The Bertz CT molecular complexity index is 550. The third-order valence-electron chi connectivity index (χ3n) is 2.62. The SMILES string of the molecule is CC1=NN(c2ccc([N+](=O)[O-])cc2)C(=O)C1C=O. The molecule has 18 heavy (non-hydrogen) atoms. The van der Waals surface area contributed by atoms with Crippen LogP contribution in [0.1, 0.15) is 6.92 Å². The molecule has 0 bridgehead atoms. The van der Waals surface area contributed by atoms with Crippen LogP contribution in [-0.2, 0) is 9.59 Å². The summed E-state index contributed by atoms with van der Waals surface area (Å²) in [5.41, 5.74) is 0.737. The number of nitro groups is 1. The minimum atomic E-state index is -0.861. The number of hydrazone groups is 1. The summed E-state index contributed by atoms with van der Waals surface area (Å²) < 4.78 is 0. The number of benzene rings is 1. The number of amides is 1. The minimum Gasteiger partial charge on any atom is -0.302 e. The van der Waals surface area contributed by atoms with E-state index < -0.39 is 16.7 Å². The molecule has 2 rings (SSSR count). The molecule has 1 atom stereocenters. The molecule has 1 aliphatic heterocycles. The first-order valence-electron chi connectivity index (χ1n) is 5.13. The number of anilines is 1. The molecule has 92 valence electrons. The predicted octanol–water partition coefficient (Wildman–Crippen LogP) is 1.13. The van der Waals surface area contributed by atoms with E-state index in [2.05, 4.69) is 5.10 Å². The maximum atomic E-state index is 11.8. The molecule has 1 aromatic rings. The van der Waals surface area contributed by atoms with Crippen molar-refractivity contribution in [3.63, 3.8) is 0 Å². The molecule has 0 aliphatic carbocycles. The standard InChI is InChI=1S/C11H9N3O4/c1-7-10(6-15)11(16)13(12-7)8-2-4-9(5-3-8)14(17)18/h2-6,10H,1H3. The summed E-state index contributed by atoms with van der Waals surface area (Å²) in [7, 11) is 0. The zero-order valence-corrected chi connectivity index (χ0v) is 9.44. The molecular formula is C11H9N3O4. The molecule has 1 heterocycles. The van der Waals surface area contributed by atoms with Gasteiger partial charge in [-0.3, -0.25) is 14.9 Å². The number of hydrogen-bond acceptors (Lipinski definition) is 5. The Kier molecular flexibility index (Phi) is 2.88. The molecule has 1 aliphatic rings. The average molecular weight is 247 g/mol. The second kappa shape index (κ2) is 4.36. The fourth-order valence-corrected chi connectivity index (χ4v) is 1.64. The van der Waals surface area contributed by atoms with Crippen molar-refractivity contribution in [3.8, 4) is 0 Å². The second-order valence-electron chi connectivity index (χ2n) is 3.78. The summed E-state index contributed by atoms with van der Waals surface area (Å²) >= 11 is 0. The van der Waals surface area contributed by atoms with E-state index in [1.807, 2.05) is 0 Å². The van der Waals surface area contributed by atoms with Crippen LogP contribution < -0.4 is 5.01 Å². The molecule has 0 radical (unpaired) electrons. The number of carbonyl (C=O) groups excluding carboxylic acids is 2. The van der Waals surface area contributed by atoms with Crippen molar-refractivity contribution >= 4 is 29.3 Å². The smallest absolute Gasteiger partial charge is 0.269 e. The van der Waals surface area contributed by atoms with E-state index in [9.17, 15) is 19.7 Å². The van der Waals surface area contributed by atoms with E-state index in [0.29, 0.717) is 17.7 Å². The maximum Gasteiger partial charge on any atom is 0.269 e. The van der Waals surface area contributed by atoms with E-state index in [0.717, 1.165) is 5.01 Å². The third-order valence-corrected chi connectivity index (χ3v) is 2.62. The van der Waals surface area contributed by atoms with Crippen molar-refractivity contribution in [2.24, 2.45) is 11.0 Å². The molecule has 0 fully saturated rings. The monoisotopic (exact) mass is 247 g/mol. The first kappa shape index (κ1) is 11.9. The van der Waals surface area contributed by atoms with Crippen LogP contribution in [0.15, 0.2) is 29.4 Å². The molecule has 0 spiro atoms. The number of nitro benzene ring substituents is 1. The van der Waals surface area contributed by atoms with Crippen molar-refractivity contribution < 1.29 is 14.5 Å². The van der Waals surface area contributed by atoms with Gasteiger partial charge in [-0.1, -0.05) is 0 Å². The lowest BCUT2D eigenvalue weighted by atomic mass is 10.1. The lowest BCUT2D eigenvalue weighted by Gasteiger charge is -2.11. The van der Waals surface area contributed by atoms with E-state index in [1.165, 1.54) is 24.3 Å². The van der Waals surface area contributed by atoms with Crippen LogP contribution in [0.4, 0.5) is 11.4 Å².